The number of rotatable bonds is 4. The summed E-state index contributed by atoms with van der Waals surface area (Å²) in [5, 5.41) is 8.97. The van der Waals surface area contributed by atoms with E-state index >= 15 is 0 Å². The van der Waals surface area contributed by atoms with Crippen molar-refractivity contribution in [2.45, 2.75) is 13.0 Å². The number of para-hydroxylation sites is 1. The summed E-state index contributed by atoms with van der Waals surface area (Å²) in [5.74, 6) is 4.19. The molecule has 17 heavy (non-hydrogen) atoms. The fourth-order valence-corrected chi connectivity index (χ4v) is 1.36. The van der Waals surface area contributed by atoms with Crippen LogP contribution in [-0.4, -0.2) is 35.6 Å². The highest BCUT2D eigenvalue weighted by Crippen LogP contribution is 2.20. The topological polar surface area (TPSA) is 78.6 Å². The Morgan fingerprint density at radius 3 is 2.82 bits per heavy atom. The summed E-state index contributed by atoms with van der Waals surface area (Å²) in [6.45, 7) is 1.52. The average Bonchev–Trinajstić information content (AvgIpc) is 2.35. The predicted octanol–water partition coefficient (Wildman–Crippen LogP) is 0.564. The third-order valence-electron chi connectivity index (χ3n) is 2.63. The van der Waals surface area contributed by atoms with Gasteiger partial charge in [-0.1, -0.05) is 6.07 Å². The van der Waals surface area contributed by atoms with Crippen molar-refractivity contribution >= 4 is 11.6 Å². The molecule has 0 bridgehead atoms. The number of nitrogen functional groups attached to an aromatic ring is 1. The summed E-state index contributed by atoms with van der Waals surface area (Å²) in [7, 11) is 1.54. The molecule has 1 aromatic rings. The fourth-order valence-electron chi connectivity index (χ4n) is 1.36. The molecule has 1 rings (SSSR count). The number of benzene rings is 1. The van der Waals surface area contributed by atoms with Crippen molar-refractivity contribution in [3.63, 3.8) is 0 Å². The molecule has 1 atom stereocenters. The number of hydrazine groups is 1. The Balaban J connectivity index is 3.08. The maximum absolute atomic E-state index is 13.4. The molecule has 1 aromatic carbocycles. The monoisotopic (exact) mass is 241 g/mol. The molecule has 1 unspecified atom stereocenters. The summed E-state index contributed by atoms with van der Waals surface area (Å²) < 4.78 is 13.4. The van der Waals surface area contributed by atoms with E-state index in [9.17, 15) is 9.18 Å². The van der Waals surface area contributed by atoms with Crippen molar-refractivity contribution < 1.29 is 14.3 Å². The molecule has 4 N–H and O–H groups in total. The molecule has 0 heterocycles. The number of carbonyl (C=O) groups excluding carboxylic acids is 1. The summed E-state index contributed by atoms with van der Waals surface area (Å²) in [6, 6.07) is 3.76. The minimum atomic E-state index is -0.594. The number of halogens is 1. The first kappa shape index (κ1) is 13.4. The second kappa shape index (κ2) is 5.60. The molecule has 0 aromatic heterocycles. The lowest BCUT2D eigenvalue weighted by Gasteiger charge is -2.24. The second-order valence-electron chi connectivity index (χ2n) is 3.75. The summed E-state index contributed by atoms with van der Waals surface area (Å²) in [4.78, 5) is 13.4. The van der Waals surface area contributed by atoms with Crippen LogP contribution in [0.1, 0.15) is 17.3 Å². The number of aliphatic hydroxyl groups excluding tert-OH is 1. The minimum absolute atomic E-state index is 0.0468. The van der Waals surface area contributed by atoms with Gasteiger partial charge in [-0.2, -0.15) is 0 Å². The van der Waals surface area contributed by atoms with Crippen LogP contribution < -0.4 is 11.3 Å². The number of nitrogens with one attached hydrogen (secondary N) is 1. The maximum Gasteiger partial charge on any atom is 0.256 e. The van der Waals surface area contributed by atoms with Gasteiger partial charge < -0.3 is 15.4 Å². The van der Waals surface area contributed by atoms with Crippen molar-refractivity contribution in [1.29, 1.82) is 0 Å². The van der Waals surface area contributed by atoms with E-state index in [4.69, 9.17) is 10.9 Å². The first-order chi connectivity index (χ1) is 8.02. The van der Waals surface area contributed by atoms with E-state index in [1.807, 2.05) is 0 Å². The highest BCUT2D eigenvalue weighted by Gasteiger charge is 2.21. The molecular weight excluding hydrogens is 225 g/mol. The quantitative estimate of drug-likeness (QED) is 0.532. The average molecular weight is 241 g/mol. The largest absolute Gasteiger partial charge is 0.394 e. The van der Waals surface area contributed by atoms with Gasteiger partial charge in [0.1, 0.15) is 5.82 Å². The molecule has 1 amide bonds. The van der Waals surface area contributed by atoms with Crippen LogP contribution >= 0.6 is 0 Å². The molecule has 0 aliphatic rings. The van der Waals surface area contributed by atoms with Crippen LogP contribution in [0.4, 0.5) is 10.1 Å². The van der Waals surface area contributed by atoms with Gasteiger partial charge in [0.15, 0.2) is 0 Å². The molecule has 5 nitrogen and oxygen atoms in total. The van der Waals surface area contributed by atoms with Crippen molar-refractivity contribution in [1.82, 2.24) is 4.90 Å². The van der Waals surface area contributed by atoms with E-state index < -0.39 is 11.7 Å². The Bertz CT molecular complexity index is 412. The standard InChI is InChI=1S/C11H16FN3O2/c1-7(6-16)15(2)11(17)8-4-3-5-9(12)10(8)14-13/h3-5,7,14,16H,6,13H2,1-2H3. The molecule has 94 valence electrons. The van der Waals surface area contributed by atoms with Crippen molar-refractivity contribution in [2.24, 2.45) is 5.84 Å². The van der Waals surface area contributed by atoms with Gasteiger partial charge in [0.05, 0.1) is 23.9 Å². The van der Waals surface area contributed by atoms with Crippen molar-refractivity contribution in [2.75, 3.05) is 19.1 Å². The maximum atomic E-state index is 13.4. The van der Waals surface area contributed by atoms with E-state index in [-0.39, 0.29) is 23.9 Å². The van der Waals surface area contributed by atoms with E-state index in [0.717, 1.165) is 0 Å². The molecular formula is C11H16FN3O2. The van der Waals surface area contributed by atoms with E-state index in [1.54, 1.807) is 6.92 Å². The predicted molar refractivity (Wildman–Crippen MR) is 62.9 cm³/mol. The third-order valence-corrected chi connectivity index (χ3v) is 2.63. The number of amides is 1. The normalized spacial score (nSPS) is 12.1. The lowest BCUT2D eigenvalue weighted by atomic mass is 10.1. The van der Waals surface area contributed by atoms with E-state index in [1.165, 1.54) is 30.1 Å². The Morgan fingerprint density at radius 1 is 1.65 bits per heavy atom. The Labute approximate surface area is 99.0 Å². The lowest BCUT2D eigenvalue weighted by molar-refractivity contribution is 0.0682. The third kappa shape index (κ3) is 2.72. The zero-order valence-electron chi connectivity index (χ0n) is 9.77. The van der Waals surface area contributed by atoms with Crippen LogP contribution in [-0.2, 0) is 0 Å². The van der Waals surface area contributed by atoms with Crippen LogP contribution in [0, 0.1) is 5.82 Å². The van der Waals surface area contributed by atoms with Gasteiger partial charge in [0, 0.05) is 7.05 Å². The van der Waals surface area contributed by atoms with Crippen molar-refractivity contribution in [3.8, 4) is 0 Å². The Hall–Kier alpha value is -1.66. The summed E-state index contributed by atoms with van der Waals surface area (Å²) in [6.07, 6.45) is 0. The van der Waals surface area contributed by atoms with Crippen LogP contribution in [0.3, 0.4) is 0 Å². The molecule has 0 aliphatic carbocycles. The first-order valence-electron chi connectivity index (χ1n) is 5.16. The van der Waals surface area contributed by atoms with Gasteiger partial charge in [-0.3, -0.25) is 10.6 Å². The molecule has 6 heteroatoms. The van der Waals surface area contributed by atoms with E-state index in [0.29, 0.717) is 0 Å². The van der Waals surface area contributed by atoms with Gasteiger partial charge in [0.25, 0.3) is 5.91 Å². The zero-order chi connectivity index (χ0) is 13.0. The highest BCUT2D eigenvalue weighted by atomic mass is 19.1. The minimum Gasteiger partial charge on any atom is -0.394 e. The molecule has 0 saturated carbocycles. The number of hydrogen-bond acceptors (Lipinski definition) is 4. The van der Waals surface area contributed by atoms with Crippen LogP contribution in [0.25, 0.3) is 0 Å². The number of likely N-dealkylation sites (N-methyl/N-ethyl adjacent to an activating group) is 1. The highest BCUT2D eigenvalue weighted by molar-refractivity contribution is 5.99. The lowest BCUT2D eigenvalue weighted by Crippen LogP contribution is -2.37. The van der Waals surface area contributed by atoms with E-state index in [2.05, 4.69) is 5.43 Å². The van der Waals surface area contributed by atoms with Gasteiger partial charge in [0.2, 0.25) is 0 Å². The molecule has 0 saturated heterocycles. The number of nitrogens with zero attached hydrogens (tertiary/aromatic N) is 1. The number of anilines is 1. The number of nitrogens with two attached hydrogens (primary N) is 1. The SMILES string of the molecule is CC(CO)N(C)C(=O)c1cccc(F)c1NN. The van der Waals surface area contributed by atoms with Crippen LogP contribution in [0.15, 0.2) is 18.2 Å². The Kier molecular flexibility index (Phi) is 4.42. The van der Waals surface area contributed by atoms with Crippen LogP contribution in [0.5, 0.6) is 0 Å². The first-order valence-corrected chi connectivity index (χ1v) is 5.16. The number of hydrogen-bond donors (Lipinski definition) is 3. The van der Waals surface area contributed by atoms with Crippen LogP contribution in [0.2, 0.25) is 0 Å². The molecule has 0 fully saturated rings. The smallest absolute Gasteiger partial charge is 0.256 e. The summed E-state index contributed by atoms with van der Waals surface area (Å²) >= 11 is 0. The fraction of sp³-hybridized carbons (Fsp3) is 0.364. The molecule has 0 spiro atoms. The summed E-state index contributed by atoms with van der Waals surface area (Å²) in [5.41, 5.74) is 2.26. The number of aliphatic hydroxyl groups is 1. The van der Waals surface area contributed by atoms with Gasteiger partial charge in [-0.15, -0.1) is 0 Å². The second-order valence-corrected chi connectivity index (χ2v) is 3.75. The Morgan fingerprint density at radius 2 is 2.29 bits per heavy atom. The molecule has 0 aliphatic heterocycles. The van der Waals surface area contributed by atoms with Gasteiger partial charge in [-0.05, 0) is 19.1 Å². The van der Waals surface area contributed by atoms with Gasteiger partial charge >= 0.3 is 0 Å². The van der Waals surface area contributed by atoms with Crippen molar-refractivity contribution in [3.05, 3.63) is 29.6 Å². The van der Waals surface area contributed by atoms with Gasteiger partial charge in [-0.25, -0.2) is 4.39 Å². The number of carbonyl (C=O) groups is 1. The molecule has 0 radical (unpaired) electrons. The zero-order valence-corrected chi connectivity index (χ0v) is 9.77.